The van der Waals surface area contributed by atoms with Crippen molar-refractivity contribution in [2.75, 3.05) is 6.54 Å². The monoisotopic (exact) mass is 267 g/mol. The Balaban J connectivity index is 1.54. The van der Waals surface area contributed by atoms with E-state index >= 15 is 0 Å². The number of rotatable bonds is 6. The minimum Gasteiger partial charge on any atom is -0.355 e. The smallest absolute Gasteiger partial charge is 0.237 e. The lowest BCUT2D eigenvalue weighted by Gasteiger charge is -2.27. The first-order chi connectivity index (χ1) is 9.15. The summed E-state index contributed by atoms with van der Waals surface area (Å²) in [6.07, 6.45) is 6.62. The van der Waals surface area contributed by atoms with Gasteiger partial charge in [0.05, 0.1) is 6.04 Å². The third-order valence-electron chi connectivity index (χ3n) is 3.75. The van der Waals surface area contributed by atoms with Crippen molar-refractivity contribution in [1.82, 2.24) is 16.0 Å². The number of hydrogen-bond acceptors (Lipinski definition) is 3. The van der Waals surface area contributed by atoms with Crippen LogP contribution in [0.15, 0.2) is 0 Å². The molecule has 2 rings (SSSR count). The van der Waals surface area contributed by atoms with Gasteiger partial charge in [0.25, 0.3) is 0 Å². The van der Waals surface area contributed by atoms with Crippen molar-refractivity contribution in [2.45, 2.75) is 70.0 Å². The fourth-order valence-corrected chi connectivity index (χ4v) is 2.46. The van der Waals surface area contributed by atoms with Crippen molar-refractivity contribution in [3.05, 3.63) is 0 Å². The summed E-state index contributed by atoms with van der Waals surface area (Å²) >= 11 is 0. The van der Waals surface area contributed by atoms with Crippen LogP contribution in [-0.2, 0) is 9.59 Å². The van der Waals surface area contributed by atoms with E-state index in [0.29, 0.717) is 31.5 Å². The highest BCUT2D eigenvalue weighted by molar-refractivity contribution is 5.82. The molecule has 0 aromatic heterocycles. The summed E-state index contributed by atoms with van der Waals surface area (Å²) in [5.41, 5.74) is 0. The first kappa shape index (κ1) is 14.3. The Kier molecular flexibility index (Phi) is 5.19. The van der Waals surface area contributed by atoms with Crippen molar-refractivity contribution >= 4 is 11.8 Å². The highest BCUT2D eigenvalue weighted by atomic mass is 16.2. The first-order valence-electron chi connectivity index (χ1n) is 7.48. The Hall–Kier alpha value is -1.10. The van der Waals surface area contributed by atoms with Gasteiger partial charge >= 0.3 is 0 Å². The molecule has 0 aromatic carbocycles. The number of hydrogen-bond donors (Lipinski definition) is 3. The van der Waals surface area contributed by atoms with Crippen LogP contribution in [0.1, 0.15) is 51.9 Å². The van der Waals surface area contributed by atoms with Gasteiger partial charge in [0.2, 0.25) is 11.8 Å². The maximum atomic E-state index is 11.9. The number of carbonyl (C=O) groups excluding carboxylic acids is 2. The predicted molar refractivity (Wildman–Crippen MR) is 73.6 cm³/mol. The van der Waals surface area contributed by atoms with Gasteiger partial charge in [-0.2, -0.15) is 0 Å². The maximum Gasteiger partial charge on any atom is 0.237 e. The van der Waals surface area contributed by atoms with E-state index in [1.165, 1.54) is 0 Å². The molecule has 2 fully saturated rings. The molecule has 1 saturated carbocycles. The zero-order chi connectivity index (χ0) is 13.7. The number of carbonyl (C=O) groups is 2. The predicted octanol–water partition coefficient (Wildman–Crippen LogP) is 0.692. The SMILES string of the molecule is CC1CCCC(C(=O)NCCCC(=O)NC2CC2)N1. The lowest BCUT2D eigenvalue weighted by molar-refractivity contribution is -0.124. The summed E-state index contributed by atoms with van der Waals surface area (Å²) in [6, 6.07) is 0.799. The van der Waals surface area contributed by atoms with Gasteiger partial charge in [0.1, 0.15) is 0 Å². The van der Waals surface area contributed by atoms with Crippen LogP contribution in [0, 0.1) is 0 Å². The second-order valence-corrected chi connectivity index (χ2v) is 5.79. The van der Waals surface area contributed by atoms with E-state index in [9.17, 15) is 9.59 Å². The quantitative estimate of drug-likeness (QED) is 0.620. The molecule has 1 aliphatic heterocycles. The van der Waals surface area contributed by atoms with E-state index in [-0.39, 0.29) is 17.9 Å². The largest absolute Gasteiger partial charge is 0.355 e. The first-order valence-corrected chi connectivity index (χ1v) is 7.48. The molecule has 0 radical (unpaired) electrons. The molecule has 2 unspecified atom stereocenters. The van der Waals surface area contributed by atoms with Crippen molar-refractivity contribution in [3.8, 4) is 0 Å². The second kappa shape index (κ2) is 6.89. The van der Waals surface area contributed by atoms with Crippen molar-refractivity contribution < 1.29 is 9.59 Å². The van der Waals surface area contributed by atoms with Gasteiger partial charge in [-0.05, 0) is 45.4 Å². The van der Waals surface area contributed by atoms with Crippen LogP contribution < -0.4 is 16.0 Å². The van der Waals surface area contributed by atoms with E-state index in [4.69, 9.17) is 0 Å². The zero-order valence-corrected chi connectivity index (χ0v) is 11.7. The van der Waals surface area contributed by atoms with E-state index in [1.807, 2.05) is 0 Å². The average Bonchev–Trinajstić information content (AvgIpc) is 3.18. The molecule has 3 N–H and O–H groups in total. The Bertz CT molecular complexity index is 329. The zero-order valence-electron chi connectivity index (χ0n) is 11.7. The standard InChI is InChI=1S/C14H25N3O2/c1-10-4-2-5-12(16-10)14(19)15-9-3-6-13(18)17-11-7-8-11/h10-12,16H,2-9H2,1H3,(H,15,19)(H,17,18). The van der Waals surface area contributed by atoms with E-state index in [2.05, 4.69) is 22.9 Å². The van der Waals surface area contributed by atoms with E-state index in [1.54, 1.807) is 0 Å². The lowest BCUT2D eigenvalue weighted by Crippen LogP contribution is -2.50. The van der Waals surface area contributed by atoms with Crippen LogP contribution in [0.4, 0.5) is 0 Å². The third-order valence-corrected chi connectivity index (χ3v) is 3.75. The van der Waals surface area contributed by atoms with E-state index in [0.717, 1.165) is 32.1 Å². The van der Waals surface area contributed by atoms with Gasteiger partial charge in [0, 0.05) is 25.0 Å². The Morgan fingerprint density at radius 3 is 2.68 bits per heavy atom. The molecule has 5 heteroatoms. The molecular weight excluding hydrogens is 242 g/mol. The summed E-state index contributed by atoms with van der Waals surface area (Å²) in [4.78, 5) is 23.3. The molecule has 19 heavy (non-hydrogen) atoms. The molecule has 2 aliphatic rings. The lowest BCUT2D eigenvalue weighted by atomic mass is 9.99. The molecule has 0 spiro atoms. The van der Waals surface area contributed by atoms with Gasteiger partial charge < -0.3 is 16.0 Å². The molecule has 1 aliphatic carbocycles. The van der Waals surface area contributed by atoms with Crippen LogP contribution in [0.2, 0.25) is 0 Å². The minimum absolute atomic E-state index is 0.0518. The normalized spacial score (nSPS) is 26.8. The highest BCUT2D eigenvalue weighted by Gasteiger charge is 2.24. The molecule has 0 bridgehead atoms. The number of piperidine rings is 1. The summed E-state index contributed by atoms with van der Waals surface area (Å²) in [7, 11) is 0. The van der Waals surface area contributed by atoms with Crippen LogP contribution in [0.3, 0.4) is 0 Å². The van der Waals surface area contributed by atoms with Gasteiger partial charge in [-0.25, -0.2) is 0 Å². The van der Waals surface area contributed by atoms with Crippen molar-refractivity contribution in [3.63, 3.8) is 0 Å². The van der Waals surface area contributed by atoms with Crippen LogP contribution in [0.5, 0.6) is 0 Å². The van der Waals surface area contributed by atoms with Crippen LogP contribution in [0.25, 0.3) is 0 Å². The molecule has 1 heterocycles. The maximum absolute atomic E-state index is 11.9. The summed E-state index contributed by atoms with van der Waals surface area (Å²) in [5, 5.41) is 9.17. The Labute approximate surface area is 114 Å². The molecule has 1 saturated heterocycles. The number of amides is 2. The van der Waals surface area contributed by atoms with Gasteiger partial charge in [-0.3, -0.25) is 9.59 Å². The van der Waals surface area contributed by atoms with Crippen molar-refractivity contribution in [1.29, 1.82) is 0 Å². The highest BCUT2D eigenvalue weighted by Crippen LogP contribution is 2.18. The molecule has 0 aromatic rings. The summed E-state index contributed by atoms with van der Waals surface area (Å²) < 4.78 is 0. The summed E-state index contributed by atoms with van der Waals surface area (Å²) in [5.74, 6) is 0.190. The molecule has 5 nitrogen and oxygen atoms in total. The summed E-state index contributed by atoms with van der Waals surface area (Å²) in [6.45, 7) is 2.70. The van der Waals surface area contributed by atoms with Crippen LogP contribution >= 0.6 is 0 Å². The number of nitrogens with one attached hydrogen (secondary N) is 3. The van der Waals surface area contributed by atoms with Gasteiger partial charge in [-0.15, -0.1) is 0 Å². The molecule has 2 amide bonds. The van der Waals surface area contributed by atoms with Gasteiger partial charge in [-0.1, -0.05) is 0 Å². The van der Waals surface area contributed by atoms with Crippen molar-refractivity contribution in [2.24, 2.45) is 0 Å². The Morgan fingerprint density at radius 2 is 2.00 bits per heavy atom. The fraction of sp³-hybridized carbons (Fsp3) is 0.857. The average molecular weight is 267 g/mol. The van der Waals surface area contributed by atoms with Gasteiger partial charge in [0.15, 0.2) is 0 Å². The fourth-order valence-electron chi connectivity index (χ4n) is 2.46. The van der Waals surface area contributed by atoms with E-state index < -0.39 is 0 Å². The second-order valence-electron chi connectivity index (χ2n) is 5.79. The molecule has 108 valence electrons. The Morgan fingerprint density at radius 1 is 1.21 bits per heavy atom. The van der Waals surface area contributed by atoms with Crippen LogP contribution in [-0.4, -0.2) is 36.5 Å². The molecule has 2 atom stereocenters. The minimum atomic E-state index is -0.0518. The third kappa shape index (κ3) is 5.19. The molecular formula is C14H25N3O2. The topological polar surface area (TPSA) is 70.2 Å².